The number of carbonyl (C=O) groups excluding carboxylic acids is 1. The summed E-state index contributed by atoms with van der Waals surface area (Å²) in [5.41, 5.74) is 5.52. The molecule has 0 amide bonds. The lowest BCUT2D eigenvalue weighted by molar-refractivity contribution is -0.142. The van der Waals surface area contributed by atoms with Gasteiger partial charge in [-0.15, -0.1) is 10.2 Å². The summed E-state index contributed by atoms with van der Waals surface area (Å²) in [7, 11) is 0. The number of rotatable bonds is 6. The van der Waals surface area contributed by atoms with E-state index in [2.05, 4.69) is 10.2 Å². The first-order chi connectivity index (χ1) is 8.10. The fraction of sp³-hybridized carbons (Fsp3) is 0.700. The van der Waals surface area contributed by atoms with Crippen molar-refractivity contribution in [3.8, 4) is 0 Å². The molecule has 17 heavy (non-hydrogen) atoms. The molecule has 0 radical (unpaired) electrons. The molecule has 96 valence electrons. The predicted molar refractivity (Wildman–Crippen MR) is 65.8 cm³/mol. The Kier molecular flexibility index (Phi) is 5.43. The Morgan fingerprint density at radius 1 is 1.59 bits per heavy atom. The lowest BCUT2D eigenvalue weighted by Crippen LogP contribution is -2.18. The molecule has 6 nitrogen and oxygen atoms in total. The van der Waals surface area contributed by atoms with Crippen molar-refractivity contribution >= 4 is 17.7 Å². The number of hydrogen-bond acceptors (Lipinski definition) is 6. The van der Waals surface area contributed by atoms with E-state index in [0.717, 1.165) is 5.82 Å². The summed E-state index contributed by atoms with van der Waals surface area (Å²) in [6.45, 7) is 6.99. The lowest BCUT2D eigenvalue weighted by atomic mass is 10.5. The molecule has 7 heteroatoms. The van der Waals surface area contributed by atoms with Crippen LogP contribution in [0.25, 0.3) is 0 Å². The van der Waals surface area contributed by atoms with Gasteiger partial charge in [-0.25, -0.2) is 0 Å². The van der Waals surface area contributed by atoms with Crippen LogP contribution in [0.3, 0.4) is 0 Å². The van der Waals surface area contributed by atoms with Crippen LogP contribution in [0.1, 0.15) is 19.7 Å². The highest BCUT2D eigenvalue weighted by molar-refractivity contribution is 8.00. The van der Waals surface area contributed by atoms with Gasteiger partial charge in [0.05, 0.1) is 6.61 Å². The number of nitrogens with two attached hydrogens (primary N) is 1. The number of aromatic nitrogens is 3. The molecule has 1 unspecified atom stereocenters. The quantitative estimate of drug-likeness (QED) is 0.594. The molecule has 0 aliphatic carbocycles. The molecule has 0 saturated heterocycles. The van der Waals surface area contributed by atoms with Gasteiger partial charge in [0, 0.05) is 13.1 Å². The summed E-state index contributed by atoms with van der Waals surface area (Å²) in [5.74, 6) is 0.562. The molecule has 1 atom stereocenters. The third kappa shape index (κ3) is 3.71. The zero-order valence-corrected chi connectivity index (χ0v) is 11.2. The van der Waals surface area contributed by atoms with Gasteiger partial charge in [0.1, 0.15) is 11.1 Å². The van der Waals surface area contributed by atoms with Gasteiger partial charge in [-0.05, 0) is 20.8 Å². The van der Waals surface area contributed by atoms with Crippen molar-refractivity contribution in [2.24, 2.45) is 5.73 Å². The van der Waals surface area contributed by atoms with E-state index in [1.54, 1.807) is 13.8 Å². The number of aryl methyl sites for hydroxylation is 1. The van der Waals surface area contributed by atoms with Crippen molar-refractivity contribution in [1.29, 1.82) is 0 Å². The zero-order chi connectivity index (χ0) is 12.8. The average molecular weight is 258 g/mol. The Labute approximate surface area is 105 Å². The van der Waals surface area contributed by atoms with Crippen molar-refractivity contribution in [1.82, 2.24) is 14.8 Å². The fourth-order valence-electron chi connectivity index (χ4n) is 1.30. The zero-order valence-electron chi connectivity index (χ0n) is 10.3. The molecular formula is C10H18N4O2S. The number of esters is 1. The monoisotopic (exact) mass is 258 g/mol. The van der Waals surface area contributed by atoms with Gasteiger partial charge in [0.2, 0.25) is 0 Å². The van der Waals surface area contributed by atoms with E-state index in [1.165, 1.54) is 11.8 Å². The Hall–Kier alpha value is -1.08. The van der Waals surface area contributed by atoms with Crippen LogP contribution in [0.15, 0.2) is 5.16 Å². The first-order valence-electron chi connectivity index (χ1n) is 5.53. The van der Waals surface area contributed by atoms with Crippen LogP contribution in [0.4, 0.5) is 0 Å². The van der Waals surface area contributed by atoms with Gasteiger partial charge >= 0.3 is 5.97 Å². The summed E-state index contributed by atoms with van der Waals surface area (Å²) in [4.78, 5) is 11.5. The van der Waals surface area contributed by atoms with Gasteiger partial charge in [0.15, 0.2) is 5.16 Å². The Morgan fingerprint density at radius 3 is 2.88 bits per heavy atom. The third-order valence-electron chi connectivity index (χ3n) is 2.16. The van der Waals surface area contributed by atoms with Crippen LogP contribution in [0, 0.1) is 6.92 Å². The highest BCUT2D eigenvalue weighted by Gasteiger charge is 2.19. The molecule has 0 aromatic carbocycles. The standard InChI is InChI=1S/C10H18N4O2S/c1-4-16-9(15)7(2)17-10-13-12-8(3)14(10)6-5-11/h7H,4-6,11H2,1-3H3. The molecule has 0 aliphatic heterocycles. The Bertz CT molecular complexity index is 380. The van der Waals surface area contributed by atoms with Gasteiger partial charge in [0.25, 0.3) is 0 Å². The third-order valence-corrected chi connectivity index (χ3v) is 3.21. The predicted octanol–water partition coefficient (Wildman–Crippen LogP) is 0.589. The Balaban J connectivity index is 2.70. The molecule has 0 spiro atoms. The van der Waals surface area contributed by atoms with Crippen LogP contribution in [0.2, 0.25) is 0 Å². The second-order valence-corrected chi connectivity index (χ2v) is 4.79. The SMILES string of the molecule is CCOC(=O)C(C)Sc1nnc(C)n1CCN. The molecule has 0 aliphatic rings. The maximum atomic E-state index is 11.5. The molecule has 1 aromatic heterocycles. The van der Waals surface area contributed by atoms with Gasteiger partial charge < -0.3 is 15.0 Å². The molecular weight excluding hydrogens is 240 g/mol. The van der Waals surface area contributed by atoms with E-state index >= 15 is 0 Å². The molecule has 0 bridgehead atoms. The first kappa shape index (κ1) is 14.0. The molecule has 0 fully saturated rings. The summed E-state index contributed by atoms with van der Waals surface area (Å²) in [6, 6.07) is 0. The highest BCUT2D eigenvalue weighted by Crippen LogP contribution is 2.22. The minimum absolute atomic E-state index is 0.238. The second-order valence-electron chi connectivity index (χ2n) is 3.48. The first-order valence-corrected chi connectivity index (χ1v) is 6.41. The van der Waals surface area contributed by atoms with Crippen LogP contribution >= 0.6 is 11.8 Å². The van der Waals surface area contributed by atoms with Crippen molar-refractivity contribution < 1.29 is 9.53 Å². The fourth-order valence-corrected chi connectivity index (χ4v) is 2.22. The van der Waals surface area contributed by atoms with E-state index in [4.69, 9.17) is 10.5 Å². The molecule has 1 heterocycles. The highest BCUT2D eigenvalue weighted by atomic mass is 32.2. The smallest absolute Gasteiger partial charge is 0.319 e. The van der Waals surface area contributed by atoms with Crippen molar-refractivity contribution in [3.05, 3.63) is 5.82 Å². The van der Waals surface area contributed by atoms with Crippen LogP contribution in [-0.2, 0) is 16.1 Å². The number of hydrogen-bond donors (Lipinski definition) is 1. The van der Waals surface area contributed by atoms with Crippen LogP contribution in [0.5, 0.6) is 0 Å². The topological polar surface area (TPSA) is 83.0 Å². The summed E-state index contributed by atoms with van der Waals surface area (Å²) in [5, 5.41) is 8.41. The summed E-state index contributed by atoms with van der Waals surface area (Å²) < 4.78 is 6.84. The number of carbonyl (C=O) groups is 1. The number of thioether (sulfide) groups is 1. The van der Waals surface area contributed by atoms with E-state index in [9.17, 15) is 4.79 Å². The van der Waals surface area contributed by atoms with Crippen molar-refractivity contribution in [2.75, 3.05) is 13.2 Å². The van der Waals surface area contributed by atoms with Crippen molar-refractivity contribution in [3.63, 3.8) is 0 Å². The molecule has 2 N–H and O–H groups in total. The molecule has 1 rings (SSSR count). The van der Waals surface area contributed by atoms with E-state index in [0.29, 0.717) is 24.9 Å². The van der Waals surface area contributed by atoms with E-state index in [-0.39, 0.29) is 11.2 Å². The summed E-state index contributed by atoms with van der Waals surface area (Å²) in [6.07, 6.45) is 0. The van der Waals surface area contributed by atoms with Gasteiger partial charge in [-0.1, -0.05) is 11.8 Å². The largest absolute Gasteiger partial charge is 0.465 e. The normalized spacial score (nSPS) is 12.5. The van der Waals surface area contributed by atoms with Gasteiger partial charge in [-0.3, -0.25) is 4.79 Å². The van der Waals surface area contributed by atoms with Crippen LogP contribution in [-0.4, -0.2) is 39.1 Å². The van der Waals surface area contributed by atoms with Crippen molar-refractivity contribution in [2.45, 2.75) is 37.7 Å². The maximum absolute atomic E-state index is 11.5. The lowest BCUT2D eigenvalue weighted by Gasteiger charge is -2.11. The molecule has 1 aromatic rings. The maximum Gasteiger partial charge on any atom is 0.319 e. The minimum Gasteiger partial charge on any atom is -0.465 e. The second kappa shape index (κ2) is 6.61. The van der Waals surface area contributed by atoms with Gasteiger partial charge in [-0.2, -0.15) is 0 Å². The van der Waals surface area contributed by atoms with E-state index in [1.807, 2.05) is 11.5 Å². The molecule has 0 saturated carbocycles. The van der Waals surface area contributed by atoms with Crippen LogP contribution < -0.4 is 5.73 Å². The average Bonchev–Trinajstić information content (AvgIpc) is 2.62. The number of nitrogens with zero attached hydrogens (tertiary/aromatic N) is 3. The minimum atomic E-state index is -0.296. The summed E-state index contributed by atoms with van der Waals surface area (Å²) >= 11 is 1.34. The van der Waals surface area contributed by atoms with E-state index < -0.39 is 0 Å². The Morgan fingerprint density at radius 2 is 2.29 bits per heavy atom. The number of ether oxygens (including phenoxy) is 1.